The molecule has 2 aliphatic heterocycles. The molecule has 38 heavy (non-hydrogen) atoms. The fraction of sp³-hybridized carbons (Fsp3) is 0.500. The van der Waals surface area contributed by atoms with Crippen molar-refractivity contribution in [2.75, 3.05) is 69.8 Å². The first-order chi connectivity index (χ1) is 18.6. The maximum absolute atomic E-state index is 11.9. The minimum absolute atomic E-state index is 0.161. The molecular formula is C26H33N7O5. The Morgan fingerprint density at radius 1 is 1.08 bits per heavy atom. The second-order valence-corrected chi connectivity index (χ2v) is 9.35. The van der Waals surface area contributed by atoms with Crippen LogP contribution >= 0.6 is 0 Å². The van der Waals surface area contributed by atoms with Crippen LogP contribution in [0.15, 0.2) is 28.8 Å². The Morgan fingerprint density at radius 2 is 1.82 bits per heavy atom. The highest BCUT2D eigenvalue weighted by Gasteiger charge is 2.30. The summed E-state index contributed by atoms with van der Waals surface area (Å²) in [5.74, 6) is 1.24. The maximum Gasteiger partial charge on any atom is 0.320 e. The van der Waals surface area contributed by atoms with Crippen LogP contribution < -0.4 is 15.5 Å². The van der Waals surface area contributed by atoms with E-state index in [0.717, 1.165) is 37.2 Å². The molecule has 2 N–H and O–H groups in total. The second kappa shape index (κ2) is 11.7. The lowest BCUT2D eigenvalue weighted by molar-refractivity contribution is -0.144. The number of ether oxygens (including phenoxy) is 2. The first-order valence-corrected chi connectivity index (χ1v) is 13.0. The molecule has 12 heteroatoms. The van der Waals surface area contributed by atoms with Gasteiger partial charge in [-0.05, 0) is 57.1 Å². The van der Waals surface area contributed by atoms with Crippen molar-refractivity contribution in [2.45, 2.75) is 25.7 Å². The summed E-state index contributed by atoms with van der Waals surface area (Å²) in [5, 5.41) is 9.79. The van der Waals surface area contributed by atoms with Gasteiger partial charge in [-0.1, -0.05) is 5.16 Å². The Morgan fingerprint density at radius 3 is 2.50 bits per heavy atom. The molecule has 2 aliphatic rings. The summed E-state index contributed by atoms with van der Waals surface area (Å²) >= 11 is 0. The van der Waals surface area contributed by atoms with E-state index >= 15 is 0 Å². The van der Waals surface area contributed by atoms with Crippen molar-refractivity contribution < 1.29 is 23.6 Å². The molecule has 0 unspecified atom stereocenters. The zero-order chi connectivity index (χ0) is 26.5. The zero-order valence-corrected chi connectivity index (χ0v) is 21.7. The number of likely N-dealkylation sites (tertiary alicyclic amines) is 1. The van der Waals surface area contributed by atoms with Crippen molar-refractivity contribution in [3.05, 3.63) is 30.0 Å². The van der Waals surface area contributed by atoms with E-state index < -0.39 is 0 Å². The Bertz CT molecular complexity index is 1260. The predicted molar refractivity (Wildman–Crippen MR) is 141 cm³/mol. The number of urea groups is 1. The van der Waals surface area contributed by atoms with Gasteiger partial charge in [-0.3, -0.25) is 9.69 Å². The van der Waals surface area contributed by atoms with E-state index in [4.69, 9.17) is 24.0 Å². The molecule has 3 aromatic rings. The molecule has 0 atom stereocenters. The number of aromatic nitrogens is 3. The highest BCUT2D eigenvalue weighted by Crippen LogP contribution is 2.36. The largest absolute Gasteiger partial charge is 0.465 e. The van der Waals surface area contributed by atoms with Crippen LogP contribution in [0, 0.1) is 0 Å². The van der Waals surface area contributed by atoms with Gasteiger partial charge in [0, 0.05) is 37.3 Å². The van der Waals surface area contributed by atoms with E-state index in [9.17, 15) is 9.59 Å². The fourth-order valence-corrected chi connectivity index (χ4v) is 4.87. The smallest absolute Gasteiger partial charge is 0.320 e. The molecule has 2 saturated heterocycles. The van der Waals surface area contributed by atoms with Crippen LogP contribution in [0.25, 0.3) is 22.5 Å². The van der Waals surface area contributed by atoms with Crippen LogP contribution in [-0.2, 0) is 14.3 Å². The maximum atomic E-state index is 11.9. The van der Waals surface area contributed by atoms with E-state index in [1.165, 1.54) is 0 Å². The second-order valence-electron chi connectivity index (χ2n) is 9.35. The molecule has 202 valence electrons. The number of nitrogens with one attached hydrogen (secondary N) is 2. The molecule has 0 spiro atoms. The highest BCUT2D eigenvalue weighted by molar-refractivity contribution is 5.90. The average molecular weight is 524 g/mol. The number of rotatable bonds is 7. The van der Waals surface area contributed by atoms with Gasteiger partial charge in [0.05, 0.1) is 26.4 Å². The Labute approximate surface area is 220 Å². The molecule has 4 heterocycles. The number of anilines is 2. The third kappa shape index (κ3) is 5.70. The molecule has 2 amide bonds. The van der Waals surface area contributed by atoms with E-state index in [1.807, 2.05) is 31.2 Å². The molecule has 2 aromatic heterocycles. The van der Waals surface area contributed by atoms with Gasteiger partial charge in [0.25, 0.3) is 0 Å². The number of carbonyl (C=O) groups excluding carboxylic acids is 2. The van der Waals surface area contributed by atoms with E-state index in [-0.39, 0.29) is 17.9 Å². The molecule has 2 fully saturated rings. The van der Waals surface area contributed by atoms with Crippen LogP contribution in [0.5, 0.6) is 0 Å². The molecule has 0 aliphatic carbocycles. The van der Waals surface area contributed by atoms with Crippen molar-refractivity contribution in [1.82, 2.24) is 25.3 Å². The number of benzene rings is 1. The number of nitrogens with zero attached hydrogens (tertiary/aromatic N) is 5. The summed E-state index contributed by atoms with van der Waals surface area (Å²) in [5.41, 5.74) is 3.61. The summed E-state index contributed by atoms with van der Waals surface area (Å²) in [4.78, 5) is 37.6. The molecular weight excluding hydrogens is 490 g/mol. The van der Waals surface area contributed by atoms with Crippen molar-refractivity contribution in [3.8, 4) is 11.4 Å². The van der Waals surface area contributed by atoms with E-state index in [2.05, 4.69) is 25.6 Å². The third-order valence-electron chi connectivity index (χ3n) is 6.90. The first-order valence-electron chi connectivity index (χ1n) is 13.0. The van der Waals surface area contributed by atoms with Crippen molar-refractivity contribution in [3.63, 3.8) is 0 Å². The lowest BCUT2D eigenvalue weighted by Crippen LogP contribution is -2.37. The molecule has 5 rings (SSSR count). The molecule has 0 radical (unpaired) electrons. The number of piperidine rings is 1. The summed E-state index contributed by atoms with van der Waals surface area (Å²) in [6, 6.07) is 7.13. The number of fused-ring (bicyclic) bond motifs is 1. The number of morpholine rings is 1. The normalized spacial score (nSPS) is 16.9. The quantitative estimate of drug-likeness (QED) is 0.445. The van der Waals surface area contributed by atoms with Crippen LogP contribution in [0.2, 0.25) is 0 Å². The van der Waals surface area contributed by atoms with Crippen LogP contribution in [0.4, 0.5) is 16.3 Å². The Balaban J connectivity index is 1.44. The molecule has 0 saturated carbocycles. The molecule has 1 aromatic carbocycles. The van der Waals surface area contributed by atoms with Gasteiger partial charge in [-0.25, -0.2) is 14.8 Å². The summed E-state index contributed by atoms with van der Waals surface area (Å²) in [6.45, 7) is 6.67. The van der Waals surface area contributed by atoms with Gasteiger partial charge in [0.15, 0.2) is 11.6 Å². The molecule has 12 nitrogen and oxygen atoms in total. The Kier molecular flexibility index (Phi) is 7.99. The van der Waals surface area contributed by atoms with Gasteiger partial charge in [0.1, 0.15) is 11.2 Å². The van der Waals surface area contributed by atoms with E-state index in [0.29, 0.717) is 67.9 Å². The monoisotopic (exact) mass is 523 g/mol. The summed E-state index contributed by atoms with van der Waals surface area (Å²) in [6.07, 6.45) is 1.68. The number of hydrogen-bond donors (Lipinski definition) is 2. The number of amides is 2. The lowest BCUT2D eigenvalue weighted by Gasteiger charge is -2.30. The standard InChI is InChI=1S/C26H33N7O5/c1-3-37-20(34)16-32-10-8-17(9-11-32)21-22-23(38-31-21)25(33-12-14-36-15-13-33)30-24(29-22)18-4-6-19(7-5-18)28-26(35)27-2/h4-7,17H,3,8-16H2,1-2H3,(H2,27,28,35). The van der Waals surface area contributed by atoms with E-state index in [1.54, 1.807) is 7.05 Å². The lowest BCUT2D eigenvalue weighted by atomic mass is 9.93. The zero-order valence-electron chi connectivity index (χ0n) is 21.7. The predicted octanol–water partition coefficient (Wildman–Crippen LogP) is 2.62. The third-order valence-corrected chi connectivity index (χ3v) is 6.90. The van der Waals surface area contributed by atoms with Gasteiger partial charge >= 0.3 is 12.0 Å². The van der Waals surface area contributed by atoms with Crippen LogP contribution in [-0.4, -0.2) is 91.6 Å². The summed E-state index contributed by atoms with van der Waals surface area (Å²) < 4.78 is 16.5. The van der Waals surface area contributed by atoms with Gasteiger partial charge in [-0.2, -0.15) is 0 Å². The minimum Gasteiger partial charge on any atom is -0.465 e. The number of esters is 1. The Hall–Kier alpha value is -3.77. The van der Waals surface area contributed by atoms with Crippen LogP contribution in [0.3, 0.4) is 0 Å². The van der Waals surface area contributed by atoms with Gasteiger partial charge in [0.2, 0.25) is 5.58 Å². The van der Waals surface area contributed by atoms with Crippen molar-refractivity contribution >= 4 is 34.6 Å². The average Bonchev–Trinajstić information content (AvgIpc) is 3.38. The van der Waals surface area contributed by atoms with Crippen molar-refractivity contribution in [2.24, 2.45) is 0 Å². The first kappa shape index (κ1) is 25.9. The van der Waals surface area contributed by atoms with Crippen LogP contribution in [0.1, 0.15) is 31.4 Å². The van der Waals surface area contributed by atoms with Gasteiger partial charge in [-0.15, -0.1) is 0 Å². The number of carbonyl (C=O) groups is 2. The topological polar surface area (TPSA) is 135 Å². The number of hydrogen-bond acceptors (Lipinski definition) is 10. The minimum atomic E-state index is -0.285. The highest BCUT2D eigenvalue weighted by atomic mass is 16.5. The SMILES string of the molecule is CCOC(=O)CN1CCC(c2noc3c(N4CCOCC4)nc(-c4ccc(NC(=O)NC)cc4)nc23)CC1. The fourth-order valence-electron chi connectivity index (χ4n) is 4.87. The van der Waals surface area contributed by atoms with Crippen molar-refractivity contribution in [1.29, 1.82) is 0 Å². The summed E-state index contributed by atoms with van der Waals surface area (Å²) in [7, 11) is 1.57. The molecule has 0 bridgehead atoms. The van der Waals surface area contributed by atoms with Gasteiger partial charge < -0.3 is 29.5 Å².